The molecule has 6 heteroatoms. The van der Waals surface area contributed by atoms with Crippen LogP contribution in [0, 0.1) is 12.3 Å². The third-order valence-electron chi connectivity index (χ3n) is 1.76. The van der Waals surface area contributed by atoms with Gasteiger partial charge in [-0.15, -0.1) is 18.2 Å². The van der Waals surface area contributed by atoms with Crippen molar-refractivity contribution in [1.29, 1.82) is 0 Å². The minimum Gasteiger partial charge on any atom is -0.475 e. The van der Waals surface area contributed by atoms with Crippen LogP contribution in [0.2, 0.25) is 0 Å². The van der Waals surface area contributed by atoms with Gasteiger partial charge in [0.05, 0.1) is 5.75 Å². The van der Waals surface area contributed by atoms with Crippen LogP contribution in [0.1, 0.15) is 21.1 Å². The van der Waals surface area contributed by atoms with Gasteiger partial charge in [0.25, 0.3) is 5.91 Å². The zero-order chi connectivity index (χ0) is 12.7. The minimum absolute atomic E-state index is 0.00986. The van der Waals surface area contributed by atoms with Gasteiger partial charge in [-0.3, -0.25) is 4.79 Å². The van der Waals surface area contributed by atoms with Crippen LogP contribution < -0.4 is 5.32 Å². The molecule has 0 aliphatic rings. The quantitative estimate of drug-likeness (QED) is 0.585. The summed E-state index contributed by atoms with van der Waals surface area (Å²) in [6, 6.07) is 2.57. The van der Waals surface area contributed by atoms with Crippen molar-refractivity contribution in [3.63, 3.8) is 0 Å². The Balaban J connectivity index is 2.37. The smallest absolute Gasteiger partial charge is 0.371 e. The number of amides is 1. The topological polar surface area (TPSA) is 79.5 Å². The van der Waals surface area contributed by atoms with E-state index >= 15 is 0 Å². The van der Waals surface area contributed by atoms with Crippen molar-refractivity contribution < 1.29 is 19.1 Å². The van der Waals surface area contributed by atoms with E-state index in [1.165, 1.54) is 23.9 Å². The minimum atomic E-state index is -1.20. The summed E-state index contributed by atoms with van der Waals surface area (Å²) < 4.78 is 4.83. The Morgan fingerprint density at radius 3 is 2.76 bits per heavy atom. The van der Waals surface area contributed by atoms with E-state index in [1.807, 2.05) is 0 Å². The number of terminal acetylenes is 1. The van der Waals surface area contributed by atoms with Crippen LogP contribution in [-0.4, -0.2) is 35.0 Å². The van der Waals surface area contributed by atoms with E-state index in [4.69, 9.17) is 15.9 Å². The van der Waals surface area contributed by atoms with Crippen LogP contribution in [0.3, 0.4) is 0 Å². The van der Waals surface area contributed by atoms with E-state index in [-0.39, 0.29) is 11.5 Å². The van der Waals surface area contributed by atoms with Crippen molar-refractivity contribution in [3.05, 3.63) is 23.7 Å². The maximum atomic E-state index is 11.5. The summed E-state index contributed by atoms with van der Waals surface area (Å²) in [5.41, 5.74) is 0. The molecule has 90 valence electrons. The molecule has 1 amide bonds. The van der Waals surface area contributed by atoms with Crippen molar-refractivity contribution in [2.45, 2.75) is 0 Å². The number of hydrogen-bond acceptors (Lipinski definition) is 4. The number of aromatic carboxylic acids is 1. The lowest BCUT2D eigenvalue weighted by Crippen LogP contribution is -2.25. The fourth-order valence-corrected chi connectivity index (χ4v) is 1.54. The first-order valence-electron chi connectivity index (χ1n) is 4.77. The molecule has 2 N–H and O–H groups in total. The molecule has 5 nitrogen and oxygen atoms in total. The fraction of sp³-hybridized carbons (Fsp3) is 0.273. The molecule has 0 saturated heterocycles. The molecule has 0 radical (unpaired) electrons. The lowest BCUT2D eigenvalue weighted by Gasteiger charge is -2.01. The highest BCUT2D eigenvalue weighted by atomic mass is 32.2. The van der Waals surface area contributed by atoms with Crippen LogP contribution in [0.5, 0.6) is 0 Å². The van der Waals surface area contributed by atoms with Gasteiger partial charge in [-0.2, -0.15) is 0 Å². The molecular formula is C11H11NO4S. The average molecular weight is 253 g/mol. The van der Waals surface area contributed by atoms with Gasteiger partial charge < -0.3 is 14.8 Å². The lowest BCUT2D eigenvalue weighted by molar-refractivity contribution is 0.0659. The molecule has 0 saturated carbocycles. The van der Waals surface area contributed by atoms with Crippen molar-refractivity contribution in [1.82, 2.24) is 5.32 Å². The van der Waals surface area contributed by atoms with Crippen LogP contribution >= 0.6 is 11.8 Å². The number of carboxylic acids is 1. The van der Waals surface area contributed by atoms with Crippen LogP contribution in [-0.2, 0) is 0 Å². The monoisotopic (exact) mass is 253 g/mol. The molecule has 0 aliphatic heterocycles. The number of hydrogen-bond donors (Lipinski definition) is 2. The fourth-order valence-electron chi connectivity index (χ4n) is 1.03. The van der Waals surface area contributed by atoms with Gasteiger partial charge in [0.1, 0.15) is 0 Å². The number of thioether (sulfide) groups is 1. The predicted molar refractivity (Wildman–Crippen MR) is 64.2 cm³/mol. The lowest BCUT2D eigenvalue weighted by atomic mass is 10.4. The second kappa shape index (κ2) is 6.66. The predicted octanol–water partition coefficient (Wildman–Crippen LogP) is 1.07. The summed E-state index contributed by atoms with van der Waals surface area (Å²) in [7, 11) is 0. The van der Waals surface area contributed by atoms with Gasteiger partial charge in [0.15, 0.2) is 5.76 Å². The summed E-state index contributed by atoms with van der Waals surface area (Å²) in [4.78, 5) is 22.0. The summed E-state index contributed by atoms with van der Waals surface area (Å²) >= 11 is 1.52. The zero-order valence-electron chi connectivity index (χ0n) is 8.93. The van der Waals surface area contributed by atoms with Crippen LogP contribution in [0.25, 0.3) is 0 Å². The third kappa shape index (κ3) is 4.25. The average Bonchev–Trinajstić information content (AvgIpc) is 2.78. The third-order valence-corrected chi connectivity index (χ3v) is 2.62. The summed E-state index contributed by atoms with van der Waals surface area (Å²) in [6.45, 7) is 0.453. The van der Waals surface area contributed by atoms with Crippen LogP contribution in [0.15, 0.2) is 16.5 Å². The van der Waals surface area contributed by atoms with Crippen LogP contribution in [0.4, 0.5) is 0 Å². The van der Waals surface area contributed by atoms with Gasteiger partial charge in [0.2, 0.25) is 5.76 Å². The van der Waals surface area contributed by atoms with E-state index in [0.29, 0.717) is 18.1 Å². The largest absolute Gasteiger partial charge is 0.475 e. The van der Waals surface area contributed by atoms with Gasteiger partial charge in [-0.1, -0.05) is 5.92 Å². The maximum absolute atomic E-state index is 11.5. The molecule has 0 aromatic carbocycles. The Morgan fingerprint density at radius 2 is 2.18 bits per heavy atom. The van der Waals surface area contributed by atoms with E-state index < -0.39 is 11.9 Å². The molecule has 0 atom stereocenters. The highest BCUT2D eigenvalue weighted by molar-refractivity contribution is 7.99. The Bertz CT molecular complexity index is 447. The van der Waals surface area contributed by atoms with Gasteiger partial charge in [0, 0.05) is 12.3 Å². The normalized spacial score (nSPS) is 9.59. The molecule has 17 heavy (non-hydrogen) atoms. The summed E-state index contributed by atoms with van der Waals surface area (Å²) in [6.07, 6.45) is 5.06. The first-order chi connectivity index (χ1) is 8.15. The van der Waals surface area contributed by atoms with E-state index in [2.05, 4.69) is 11.2 Å². The van der Waals surface area contributed by atoms with Gasteiger partial charge in [-0.25, -0.2) is 4.79 Å². The summed E-state index contributed by atoms with van der Waals surface area (Å²) in [5, 5.41) is 11.2. The Morgan fingerprint density at radius 1 is 1.47 bits per heavy atom. The molecule has 1 aromatic rings. The van der Waals surface area contributed by atoms with E-state index in [1.54, 1.807) is 0 Å². The molecule has 0 unspecified atom stereocenters. The zero-order valence-corrected chi connectivity index (χ0v) is 9.75. The standard InChI is InChI=1S/C11H11NO4S/c1-2-6-17-7-5-12-10(13)8-3-4-9(16-8)11(14)15/h1,3-4H,5-7H2,(H,12,13)(H,14,15). The SMILES string of the molecule is C#CCSCCNC(=O)c1ccc(C(=O)O)o1. The van der Waals surface area contributed by atoms with E-state index in [9.17, 15) is 9.59 Å². The summed E-state index contributed by atoms with van der Waals surface area (Å²) in [5.74, 6) is 1.87. The number of carboxylic acid groups (broad SMARTS) is 1. The number of carbonyl (C=O) groups excluding carboxylic acids is 1. The Kier molecular flexibility index (Phi) is 5.17. The molecule has 1 heterocycles. The first kappa shape index (κ1) is 13.2. The molecule has 1 aromatic heterocycles. The van der Waals surface area contributed by atoms with Crippen molar-refractivity contribution in [3.8, 4) is 12.3 Å². The number of nitrogens with one attached hydrogen (secondary N) is 1. The highest BCUT2D eigenvalue weighted by Crippen LogP contribution is 2.07. The second-order valence-electron chi connectivity index (χ2n) is 2.98. The second-order valence-corrected chi connectivity index (χ2v) is 4.09. The highest BCUT2D eigenvalue weighted by Gasteiger charge is 2.13. The van der Waals surface area contributed by atoms with Crippen molar-refractivity contribution >= 4 is 23.6 Å². The molecule has 0 fully saturated rings. The maximum Gasteiger partial charge on any atom is 0.371 e. The van der Waals surface area contributed by atoms with Gasteiger partial charge >= 0.3 is 5.97 Å². The molecular weight excluding hydrogens is 242 g/mol. The molecule has 0 spiro atoms. The number of furan rings is 1. The van der Waals surface area contributed by atoms with Crippen molar-refractivity contribution in [2.24, 2.45) is 0 Å². The molecule has 1 rings (SSSR count). The Hall–Kier alpha value is -1.87. The number of carbonyl (C=O) groups is 2. The Labute approximate surface area is 103 Å². The van der Waals surface area contributed by atoms with E-state index in [0.717, 1.165) is 0 Å². The molecule has 0 aliphatic carbocycles. The molecule has 0 bridgehead atoms. The van der Waals surface area contributed by atoms with Gasteiger partial charge in [-0.05, 0) is 12.1 Å². The van der Waals surface area contributed by atoms with Crippen molar-refractivity contribution in [2.75, 3.05) is 18.1 Å². The number of rotatable bonds is 6. The first-order valence-corrected chi connectivity index (χ1v) is 5.93.